The summed E-state index contributed by atoms with van der Waals surface area (Å²) in [4.78, 5) is 15.8. The van der Waals surface area contributed by atoms with Gasteiger partial charge in [-0.25, -0.2) is 4.98 Å². The quantitative estimate of drug-likeness (QED) is 0.900. The Bertz CT molecular complexity index is 641. The third-order valence-electron chi connectivity index (χ3n) is 4.52. The Morgan fingerprint density at radius 1 is 1.38 bits per heavy atom. The molecule has 2 aromatic heterocycles. The Labute approximate surface area is 124 Å². The van der Waals surface area contributed by atoms with Crippen LogP contribution in [0.5, 0.6) is 0 Å². The molecule has 1 aliphatic rings. The van der Waals surface area contributed by atoms with Crippen molar-refractivity contribution >= 4 is 11.6 Å². The van der Waals surface area contributed by atoms with Crippen molar-refractivity contribution < 1.29 is 4.79 Å². The van der Waals surface area contributed by atoms with Crippen molar-refractivity contribution in [2.24, 2.45) is 11.7 Å². The second-order valence-corrected chi connectivity index (χ2v) is 5.90. The predicted octanol–water partition coefficient (Wildman–Crippen LogP) is 1.78. The van der Waals surface area contributed by atoms with Gasteiger partial charge in [-0.3, -0.25) is 4.79 Å². The van der Waals surface area contributed by atoms with E-state index < -0.39 is 0 Å². The lowest BCUT2D eigenvalue weighted by molar-refractivity contribution is -0.122. The summed E-state index contributed by atoms with van der Waals surface area (Å²) in [5, 5.41) is 3.60. The van der Waals surface area contributed by atoms with Crippen LogP contribution >= 0.6 is 0 Å². The number of aromatic nitrogens is 2. The zero-order valence-corrected chi connectivity index (χ0v) is 12.4. The van der Waals surface area contributed by atoms with Crippen molar-refractivity contribution in [2.75, 3.05) is 0 Å². The van der Waals surface area contributed by atoms with Crippen molar-refractivity contribution in [3.8, 4) is 0 Å². The van der Waals surface area contributed by atoms with Crippen LogP contribution in [0.15, 0.2) is 24.4 Å². The molecule has 0 saturated heterocycles. The van der Waals surface area contributed by atoms with Crippen LogP contribution in [0.1, 0.15) is 37.1 Å². The summed E-state index contributed by atoms with van der Waals surface area (Å²) in [7, 11) is 0. The first kappa shape index (κ1) is 14.1. The number of primary amides is 1. The van der Waals surface area contributed by atoms with E-state index in [2.05, 4.69) is 20.9 Å². The molecule has 0 spiro atoms. The summed E-state index contributed by atoms with van der Waals surface area (Å²) in [5.74, 6) is -0.0772. The molecule has 1 amide bonds. The van der Waals surface area contributed by atoms with Crippen LogP contribution in [-0.2, 0) is 11.3 Å². The van der Waals surface area contributed by atoms with E-state index in [4.69, 9.17) is 5.73 Å². The second-order valence-electron chi connectivity index (χ2n) is 5.90. The summed E-state index contributed by atoms with van der Waals surface area (Å²) in [6.45, 7) is 2.86. The molecule has 0 unspecified atom stereocenters. The van der Waals surface area contributed by atoms with Gasteiger partial charge in [-0.1, -0.05) is 6.07 Å². The number of aryl methyl sites for hydroxylation is 1. The maximum Gasteiger partial charge on any atom is 0.220 e. The predicted molar refractivity (Wildman–Crippen MR) is 81.7 cm³/mol. The molecule has 0 radical (unpaired) electrons. The van der Waals surface area contributed by atoms with Crippen LogP contribution in [0.4, 0.5) is 0 Å². The van der Waals surface area contributed by atoms with Crippen LogP contribution < -0.4 is 11.1 Å². The van der Waals surface area contributed by atoms with E-state index in [0.29, 0.717) is 6.04 Å². The largest absolute Gasteiger partial charge is 0.369 e. The molecule has 21 heavy (non-hydrogen) atoms. The summed E-state index contributed by atoms with van der Waals surface area (Å²) in [6.07, 6.45) is 5.89. The average Bonchev–Trinajstić information content (AvgIpc) is 2.81. The Kier molecular flexibility index (Phi) is 3.92. The van der Waals surface area contributed by atoms with Gasteiger partial charge in [0.25, 0.3) is 0 Å². The van der Waals surface area contributed by atoms with Gasteiger partial charge in [-0.15, -0.1) is 0 Å². The van der Waals surface area contributed by atoms with Gasteiger partial charge >= 0.3 is 0 Å². The molecule has 5 heteroatoms. The number of pyridine rings is 1. The molecule has 0 aromatic carbocycles. The Morgan fingerprint density at radius 2 is 2.14 bits per heavy atom. The lowest BCUT2D eigenvalue weighted by Crippen LogP contribution is -2.36. The molecule has 1 saturated carbocycles. The van der Waals surface area contributed by atoms with E-state index in [1.54, 1.807) is 0 Å². The van der Waals surface area contributed by atoms with Gasteiger partial charge in [0.15, 0.2) is 0 Å². The number of hydrogen-bond acceptors (Lipinski definition) is 3. The molecule has 1 aliphatic carbocycles. The molecular weight excluding hydrogens is 264 g/mol. The first-order valence-electron chi connectivity index (χ1n) is 7.60. The highest BCUT2D eigenvalue weighted by Gasteiger charge is 2.24. The fraction of sp³-hybridized carbons (Fsp3) is 0.500. The van der Waals surface area contributed by atoms with Crippen molar-refractivity contribution in [3.05, 3.63) is 35.8 Å². The average molecular weight is 286 g/mol. The molecule has 0 bridgehead atoms. The number of nitrogens with zero attached hydrogens (tertiary/aromatic N) is 2. The van der Waals surface area contributed by atoms with Crippen molar-refractivity contribution in [1.82, 2.24) is 14.7 Å². The highest BCUT2D eigenvalue weighted by molar-refractivity contribution is 5.76. The molecule has 0 atom stereocenters. The first-order valence-corrected chi connectivity index (χ1v) is 7.60. The molecule has 112 valence electrons. The van der Waals surface area contributed by atoms with Gasteiger partial charge in [0.1, 0.15) is 5.65 Å². The highest BCUT2D eigenvalue weighted by Crippen LogP contribution is 2.24. The molecule has 2 aromatic rings. The van der Waals surface area contributed by atoms with Gasteiger partial charge < -0.3 is 15.5 Å². The van der Waals surface area contributed by atoms with E-state index in [1.807, 2.05) is 25.1 Å². The molecule has 2 heterocycles. The smallest absolute Gasteiger partial charge is 0.220 e. The lowest BCUT2D eigenvalue weighted by atomic mass is 9.85. The summed E-state index contributed by atoms with van der Waals surface area (Å²) < 4.78 is 2.14. The summed E-state index contributed by atoms with van der Waals surface area (Å²) >= 11 is 0. The van der Waals surface area contributed by atoms with Crippen molar-refractivity contribution in [1.29, 1.82) is 0 Å². The number of amides is 1. The van der Waals surface area contributed by atoms with Crippen molar-refractivity contribution in [3.63, 3.8) is 0 Å². The Balaban J connectivity index is 1.62. The number of rotatable bonds is 4. The van der Waals surface area contributed by atoms with Crippen LogP contribution in [0, 0.1) is 12.8 Å². The van der Waals surface area contributed by atoms with Crippen LogP contribution in [0.25, 0.3) is 5.65 Å². The number of fused-ring (bicyclic) bond motifs is 1. The minimum Gasteiger partial charge on any atom is -0.369 e. The zero-order valence-electron chi connectivity index (χ0n) is 12.4. The number of nitrogens with one attached hydrogen (secondary N) is 1. The minimum absolute atomic E-state index is 0.0700. The van der Waals surface area contributed by atoms with Crippen LogP contribution in [0.2, 0.25) is 0 Å². The number of carbonyl (C=O) groups excluding carboxylic acids is 1. The molecular formula is C16H22N4O. The highest BCUT2D eigenvalue weighted by atomic mass is 16.1. The van der Waals surface area contributed by atoms with Crippen molar-refractivity contribution in [2.45, 2.75) is 45.2 Å². The number of carbonyl (C=O) groups is 1. The topological polar surface area (TPSA) is 72.4 Å². The van der Waals surface area contributed by atoms with E-state index in [1.165, 1.54) is 5.69 Å². The zero-order chi connectivity index (χ0) is 14.8. The fourth-order valence-electron chi connectivity index (χ4n) is 3.20. The van der Waals surface area contributed by atoms with Gasteiger partial charge in [-0.05, 0) is 44.7 Å². The number of nitrogens with two attached hydrogens (primary N) is 1. The van der Waals surface area contributed by atoms with Gasteiger partial charge in [0.2, 0.25) is 5.91 Å². The first-order chi connectivity index (χ1) is 10.1. The lowest BCUT2D eigenvalue weighted by Gasteiger charge is -2.27. The maximum absolute atomic E-state index is 11.2. The fourth-order valence-corrected chi connectivity index (χ4v) is 3.20. The Hall–Kier alpha value is -1.88. The maximum atomic E-state index is 11.2. The molecule has 1 fully saturated rings. The minimum atomic E-state index is -0.147. The van der Waals surface area contributed by atoms with Crippen LogP contribution in [-0.4, -0.2) is 21.3 Å². The standard InChI is InChI=1S/C16H22N4O/c1-11-14(20-9-3-2-4-15(20)19-11)10-18-13-7-5-12(6-8-13)16(17)21/h2-4,9,12-13,18H,5-8,10H2,1H3,(H2,17,21). The third-order valence-corrected chi connectivity index (χ3v) is 4.52. The van der Waals surface area contributed by atoms with E-state index in [9.17, 15) is 4.79 Å². The monoisotopic (exact) mass is 286 g/mol. The second kappa shape index (κ2) is 5.85. The van der Waals surface area contributed by atoms with E-state index in [0.717, 1.165) is 43.6 Å². The Morgan fingerprint density at radius 3 is 2.86 bits per heavy atom. The van der Waals surface area contributed by atoms with Crippen LogP contribution in [0.3, 0.4) is 0 Å². The molecule has 5 nitrogen and oxygen atoms in total. The molecule has 0 aliphatic heterocycles. The summed E-state index contributed by atoms with van der Waals surface area (Å²) in [5.41, 5.74) is 8.64. The van der Waals surface area contributed by atoms with Gasteiger partial charge in [0, 0.05) is 24.7 Å². The van der Waals surface area contributed by atoms with Gasteiger partial charge in [0.05, 0.1) is 11.4 Å². The SMILES string of the molecule is Cc1nc2ccccn2c1CNC1CCC(C(N)=O)CC1. The van der Waals surface area contributed by atoms with E-state index >= 15 is 0 Å². The van der Waals surface area contributed by atoms with E-state index in [-0.39, 0.29) is 11.8 Å². The number of imidazole rings is 1. The summed E-state index contributed by atoms with van der Waals surface area (Å²) in [6, 6.07) is 6.52. The number of hydrogen-bond donors (Lipinski definition) is 2. The normalized spacial score (nSPS) is 22.5. The van der Waals surface area contributed by atoms with Gasteiger partial charge in [-0.2, -0.15) is 0 Å². The third kappa shape index (κ3) is 2.93. The molecule has 3 rings (SSSR count). The molecule has 3 N–H and O–H groups in total.